The Morgan fingerprint density at radius 1 is 1.50 bits per heavy atom. The van der Waals surface area contributed by atoms with Crippen LogP contribution in [0.3, 0.4) is 0 Å². The lowest BCUT2D eigenvalue weighted by atomic mass is 10.2. The Hall–Kier alpha value is -0.940. The van der Waals surface area contributed by atoms with Crippen molar-refractivity contribution in [2.24, 2.45) is 0 Å². The average molecular weight is 287 g/mol. The molecule has 0 amide bonds. The molecule has 0 aromatic carbocycles. The maximum Gasteiger partial charge on any atom is 0.337 e. The zero-order valence-electron chi connectivity index (χ0n) is 10.3. The van der Waals surface area contributed by atoms with Crippen molar-refractivity contribution in [2.75, 3.05) is 18.0 Å². The molecule has 0 aliphatic carbocycles. The number of pyridine rings is 1. The number of hydrogen-bond acceptors (Lipinski definition) is 4. The first kappa shape index (κ1) is 13.5. The Morgan fingerprint density at radius 3 is 2.67 bits per heavy atom. The molecule has 2 heterocycles. The van der Waals surface area contributed by atoms with Crippen LogP contribution in [0.25, 0.3) is 0 Å². The SMILES string of the molecule is CC1CN(c2cc(C(=O)O)c(Cl)cn2)CC(C)S1. The summed E-state index contributed by atoms with van der Waals surface area (Å²) in [6.07, 6.45) is 1.41. The largest absolute Gasteiger partial charge is 0.478 e. The topological polar surface area (TPSA) is 53.4 Å². The highest BCUT2D eigenvalue weighted by atomic mass is 35.5. The summed E-state index contributed by atoms with van der Waals surface area (Å²) in [7, 11) is 0. The fourth-order valence-electron chi connectivity index (χ4n) is 2.13. The van der Waals surface area contributed by atoms with Crippen molar-refractivity contribution in [1.82, 2.24) is 4.98 Å². The zero-order valence-corrected chi connectivity index (χ0v) is 11.8. The molecular weight excluding hydrogens is 272 g/mol. The lowest BCUT2D eigenvalue weighted by molar-refractivity contribution is 0.0697. The van der Waals surface area contributed by atoms with E-state index in [9.17, 15) is 4.79 Å². The summed E-state index contributed by atoms with van der Waals surface area (Å²) in [6.45, 7) is 6.09. The predicted octanol–water partition coefficient (Wildman–Crippen LogP) is 2.76. The van der Waals surface area contributed by atoms with Crippen molar-refractivity contribution in [2.45, 2.75) is 24.3 Å². The van der Waals surface area contributed by atoms with E-state index < -0.39 is 5.97 Å². The number of carboxylic acid groups (broad SMARTS) is 1. The third-order valence-corrected chi connectivity index (χ3v) is 4.34. The maximum absolute atomic E-state index is 11.1. The fourth-order valence-corrected chi connectivity index (χ4v) is 3.64. The summed E-state index contributed by atoms with van der Waals surface area (Å²) in [5.74, 6) is -0.327. The van der Waals surface area contributed by atoms with Gasteiger partial charge >= 0.3 is 5.97 Å². The van der Waals surface area contributed by atoms with Gasteiger partial charge in [-0.3, -0.25) is 0 Å². The minimum absolute atomic E-state index is 0.111. The Labute approximate surface area is 115 Å². The molecule has 2 unspecified atom stereocenters. The van der Waals surface area contributed by atoms with Gasteiger partial charge in [-0.1, -0.05) is 25.4 Å². The van der Waals surface area contributed by atoms with Gasteiger partial charge in [0, 0.05) is 29.8 Å². The van der Waals surface area contributed by atoms with Gasteiger partial charge in [-0.15, -0.1) is 0 Å². The van der Waals surface area contributed by atoms with Crippen LogP contribution < -0.4 is 4.90 Å². The van der Waals surface area contributed by atoms with E-state index in [-0.39, 0.29) is 10.6 Å². The molecule has 98 valence electrons. The molecule has 0 bridgehead atoms. The van der Waals surface area contributed by atoms with Gasteiger partial charge in [-0.2, -0.15) is 11.8 Å². The quantitative estimate of drug-likeness (QED) is 0.906. The highest BCUT2D eigenvalue weighted by Gasteiger charge is 2.24. The summed E-state index contributed by atoms with van der Waals surface area (Å²) < 4.78 is 0. The molecule has 0 saturated carbocycles. The first-order valence-corrected chi connectivity index (χ1v) is 7.08. The minimum atomic E-state index is -1.02. The molecule has 1 aliphatic heterocycles. The normalized spacial score (nSPS) is 24.1. The maximum atomic E-state index is 11.1. The number of hydrogen-bond donors (Lipinski definition) is 1. The van der Waals surface area contributed by atoms with Crippen molar-refractivity contribution in [3.05, 3.63) is 22.8 Å². The number of carbonyl (C=O) groups is 1. The number of aromatic carboxylic acids is 1. The van der Waals surface area contributed by atoms with Gasteiger partial charge in [0.2, 0.25) is 0 Å². The Bertz CT molecular complexity index is 459. The zero-order chi connectivity index (χ0) is 13.3. The number of aromatic nitrogens is 1. The van der Waals surface area contributed by atoms with Crippen LogP contribution in [-0.4, -0.2) is 39.6 Å². The van der Waals surface area contributed by atoms with Gasteiger partial charge in [0.15, 0.2) is 0 Å². The molecule has 2 atom stereocenters. The summed E-state index contributed by atoms with van der Waals surface area (Å²) in [6, 6.07) is 1.56. The van der Waals surface area contributed by atoms with Gasteiger partial charge < -0.3 is 10.0 Å². The third-order valence-electron chi connectivity index (χ3n) is 2.81. The molecule has 0 spiro atoms. The third kappa shape index (κ3) is 2.90. The second-order valence-electron chi connectivity index (χ2n) is 4.49. The van der Waals surface area contributed by atoms with Crippen LogP contribution in [0.2, 0.25) is 5.02 Å². The van der Waals surface area contributed by atoms with E-state index in [4.69, 9.17) is 16.7 Å². The fraction of sp³-hybridized carbons (Fsp3) is 0.500. The Balaban J connectivity index is 2.28. The predicted molar refractivity (Wildman–Crippen MR) is 74.9 cm³/mol. The first-order chi connectivity index (χ1) is 8.47. The number of nitrogens with zero attached hydrogens (tertiary/aromatic N) is 2. The van der Waals surface area contributed by atoms with E-state index in [1.807, 2.05) is 11.8 Å². The number of carboxylic acids is 1. The standard InChI is InChI=1S/C12H15ClN2O2S/c1-7-5-15(6-8(2)18-7)11-3-9(12(16)17)10(13)4-14-11/h3-4,7-8H,5-6H2,1-2H3,(H,16,17). The molecular formula is C12H15ClN2O2S. The Morgan fingerprint density at radius 2 is 2.11 bits per heavy atom. The molecule has 1 aliphatic rings. The molecule has 6 heteroatoms. The summed E-state index contributed by atoms with van der Waals surface area (Å²) in [5, 5.41) is 10.3. The molecule has 4 nitrogen and oxygen atoms in total. The second-order valence-corrected chi connectivity index (χ2v) is 6.78. The van der Waals surface area contributed by atoms with Gasteiger partial charge in [-0.05, 0) is 6.07 Å². The van der Waals surface area contributed by atoms with Crippen LogP contribution in [0.4, 0.5) is 5.82 Å². The lowest BCUT2D eigenvalue weighted by Crippen LogP contribution is -2.40. The highest BCUT2D eigenvalue weighted by molar-refractivity contribution is 8.00. The smallest absolute Gasteiger partial charge is 0.337 e. The van der Waals surface area contributed by atoms with Gasteiger partial charge in [-0.25, -0.2) is 9.78 Å². The summed E-state index contributed by atoms with van der Waals surface area (Å²) in [5.41, 5.74) is 0.111. The van der Waals surface area contributed by atoms with Crippen molar-refractivity contribution in [3.63, 3.8) is 0 Å². The number of rotatable bonds is 2. The van der Waals surface area contributed by atoms with Crippen molar-refractivity contribution in [1.29, 1.82) is 0 Å². The molecule has 1 fully saturated rings. The van der Waals surface area contributed by atoms with E-state index in [1.54, 1.807) is 6.07 Å². The van der Waals surface area contributed by atoms with Crippen LogP contribution in [0.5, 0.6) is 0 Å². The molecule has 1 N–H and O–H groups in total. The molecule has 1 saturated heterocycles. The van der Waals surface area contributed by atoms with E-state index in [0.717, 1.165) is 13.1 Å². The molecule has 1 aromatic rings. The minimum Gasteiger partial charge on any atom is -0.478 e. The lowest BCUT2D eigenvalue weighted by Gasteiger charge is -2.35. The Kier molecular flexibility index (Phi) is 4.02. The van der Waals surface area contributed by atoms with Crippen molar-refractivity contribution >= 4 is 35.1 Å². The second kappa shape index (κ2) is 5.36. The number of thioether (sulfide) groups is 1. The van der Waals surface area contributed by atoms with E-state index >= 15 is 0 Å². The van der Waals surface area contributed by atoms with Gasteiger partial charge in [0.1, 0.15) is 5.82 Å². The summed E-state index contributed by atoms with van der Waals surface area (Å²) >= 11 is 7.76. The van der Waals surface area contributed by atoms with E-state index in [0.29, 0.717) is 16.3 Å². The van der Waals surface area contributed by atoms with E-state index in [1.165, 1.54) is 6.20 Å². The molecule has 1 aromatic heterocycles. The number of anilines is 1. The first-order valence-electron chi connectivity index (χ1n) is 5.76. The number of halogens is 1. The van der Waals surface area contributed by atoms with Gasteiger partial charge in [0.25, 0.3) is 0 Å². The van der Waals surface area contributed by atoms with Gasteiger partial charge in [0.05, 0.1) is 10.6 Å². The van der Waals surface area contributed by atoms with Crippen LogP contribution in [0.15, 0.2) is 12.3 Å². The molecule has 18 heavy (non-hydrogen) atoms. The van der Waals surface area contributed by atoms with Crippen molar-refractivity contribution in [3.8, 4) is 0 Å². The highest BCUT2D eigenvalue weighted by Crippen LogP contribution is 2.29. The van der Waals surface area contributed by atoms with Crippen LogP contribution >= 0.6 is 23.4 Å². The van der Waals surface area contributed by atoms with Crippen LogP contribution in [0.1, 0.15) is 24.2 Å². The van der Waals surface area contributed by atoms with Crippen molar-refractivity contribution < 1.29 is 9.90 Å². The average Bonchev–Trinajstić information content (AvgIpc) is 2.27. The van der Waals surface area contributed by atoms with Crippen LogP contribution in [0, 0.1) is 0 Å². The summed E-state index contributed by atoms with van der Waals surface area (Å²) in [4.78, 5) is 17.4. The molecule has 0 radical (unpaired) electrons. The van der Waals surface area contributed by atoms with Crippen LogP contribution in [-0.2, 0) is 0 Å². The monoisotopic (exact) mass is 286 g/mol. The molecule has 2 rings (SSSR count). The van der Waals surface area contributed by atoms with E-state index in [2.05, 4.69) is 23.7 Å².